The Kier molecular flexibility index (Phi) is 6.23. The predicted molar refractivity (Wildman–Crippen MR) is 107 cm³/mol. The van der Waals surface area contributed by atoms with Gasteiger partial charge in [0.1, 0.15) is 5.75 Å². The highest BCUT2D eigenvalue weighted by Crippen LogP contribution is 2.18. The summed E-state index contributed by atoms with van der Waals surface area (Å²) in [6.45, 7) is 5.68. The Morgan fingerprint density at radius 2 is 1.96 bits per heavy atom. The Morgan fingerprint density at radius 1 is 1.12 bits per heavy atom. The quantitative estimate of drug-likeness (QED) is 0.549. The number of unbranched alkanes of at least 4 members (excludes halogenated alkanes) is 2. The molecule has 26 heavy (non-hydrogen) atoms. The number of carbonyl (C=O) groups is 1. The molecule has 1 aromatic heterocycles. The van der Waals surface area contributed by atoms with E-state index < -0.39 is 0 Å². The number of hydrogen-bond donors (Lipinski definition) is 0. The van der Waals surface area contributed by atoms with Gasteiger partial charge in [-0.05, 0) is 43.7 Å². The molecule has 0 N–H and O–H groups in total. The summed E-state index contributed by atoms with van der Waals surface area (Å²) in [6.07, 6.45) is 3.33. The van der Waals surface area contributed by atoms with Crippen molar-refractivity contribution in [2.45, 2.75) is 39.7 Å². The number of hydrogen-bond acceptors (Lipinski definition) is 3. The van der Waals surface area contributed by atoms with Gasteiger partial charge in [0.15, 0.2) is 4.80 Å². The molecule has 0 radical (unpaired) electrons. The smallest absolute Gasteiger partial charge is 0.279 e. The minimum absolute atomic E-state index is 0.238. The third kappa shape index (κ3) is 4.22. The summed E-state index contributed by atoms with van der Waals surface area (Å²) < 4.78 is 8.95. The van der Waals surface area contributed by atoms with E-state index in [1.54, 1.807) is 12.1 Å². The normalized spacial score (nSPS) is 11.8. The second-order valence-corrected chi connectivity index (χ2v) is 7.11. The lowest BCUT2D eigenvalue weighted by atomic mass is 10.2. The fourth-order valence-corrected chi connectivity index (χ4v) is 3.92. The number of nitrogens with zero attached hydrogens (tertiary/aromatic N) is 2. The average Bonchev–Trinajstić information content (AvgIpc) is 3.02. The van der Waals surface area contributed by atoms with E-state index in [1.807, 2.05) is 24.3 Å². The summed E-state index contributed by atoms with van der Waals surface area (Å²) in [5.74, 6) is 0.486. The zero-order valence-corrected chi connectivity index (χ0v) is 16.1. The second-order valence-electron chi connectivity index (χ2n) is 6.10. The van der Waals surface area contributed by atoms with Crippen LogP contribution in [0.4, 0.5) is 0 Å². The first kappa shape index (κ1) is 18.4. The fourth-order valence-electron chi connectivity index (χ4n) is 2.82. The van der Waals surface area contributed by atoms with Gasteiger partial charge in [0.05, 0.1) is 16.8 Å². The van der Waals surface area contributed by atoms with Crippen LogP contribution in [-0.4, -0.2) is 17.1 Å². The summed E-state index contributed by atoms with van der Waals surface area (Å²) in [5.41, 5.74) is 1.66. The number of rotatable bonds is 7. The van der Waals surface area contributed by atoms with Crippen LogP contribution < -0.4 is 9.54 Å². The monoisotopic (exact) mass is 368 g/mol. The molecule has 3 aromatic rings. The molecule has 0 fully saturated rings. The Hall–Kier alpha value is -2.40. The van der Waals surface area contributed by atoms with Gasteiger partial charge in [-0.25, -0.2) is 0 Å². The van der Waals surface area contributed by atoms with Gasteiger partial charge in [0.2, 0.25) is 0 Å². The van der Waals surface area contributed by atoms with Crippen LogP contribution >= 0.6 is 11.3 Å². The van der Waals surface area contributed by atoms with Gasteiger partial charge in [0, 0.05) is 12.1 Å². The van der Waals surface area contributed by atoms with Crippen molar-refractivity contribution in [3.8, 4) is 5.75 Å². The lowest BCUT2D eigenvalue weighted by molar-refractivity contribution is 0.0997. The summed E-state index contributed by atoms with van der Waals surface area (Å²) in [5, 5.41) is 0. The number of fused-ring (bicyclic) bond motifs is 1. The van der Waals surface area contributed by atoms with Crippen LogP contribution in [0.2, 0.25) is 0 Å². The summed E-state index contributed by atoms with van der Waals surface area (Å²) in [7, 11) is 0. The molecule has 0 aliphatic heterocycles. The van der Waals surface area contributed by atoms with Gasteiger partial charge in [-0.15, -0.1) is 0 Å². The molecule has 0 atom stereocenters. The lowest BCUT2D eigenvalue weighted by Crippen LogP contribution is -2.15. The molecule has 0 saturated carbocycles. The van der Waals surface area contributed by atoms with Crippen molar-refractivity contribution in [2.24, 2.45) is 4.99 Å². The Bertz CT molecular complexity index is 956. The standard InChI is InChI=1S/C21H24N2O2S/c1-3-5-8-14-25-17-11-9-10-16(15-17)20(24)22-21-23(4-2)18-12-6-7-13-19(18)26-21/h6-7,9-13,15H,3-5,8,14H2,1-2H3. The van der Waals surface area contributed by atoms with Crippen LogP contribution in [0.25, 0.3) is 10.2 Å². The van der Waals surface area contributed by atoms with Crippen LogP contribution in [0.15, 0.2) is 53.5 Å². The second kappa shape index (κ2) is 8.81. The molecule has 2 aromatic carbocycles. The molecule has 0 saturated heterocycles. The molecule has 0 unspecified atom stereocenters. The molecule has 0 aliphatic carbocycles. The first-order valence-corrected chi connectivity index (χ1v) is 9.95. The van der Waals surface area contributed by atoms with Gasteiger partial charge in [-0.1, -0.05) is 49.3 Å². The molecule has 0 aliphatic rings. The molecule has 5 heteroatoms. The molecule has 0 bridgehead atoms. The van der Waals surface area contributed by atoms with Crippen molar-refractivity contribution >= 4 is 27.5 Å². The lowest BCUT2D eigenvalue weighted by Gasteiger charge is -2.06. The maximum atomic E-state index is 12.7. The van der Waals surface area contributed by atoms with Crippen LogP contribution in [0, 0.1) is 0 Å². The van der Waals surface area contributed by atoms with Crippen LogP contribution in [0.5, 0.6) is 5.75 Å². The highest BCUT2D eigenvalue weighted by Gasteiger charge is 2.09. The molecule has 3 rings (SSSR count). The maximum absolute atomic E-state index is 12.7. The summed E-state index contributed by atoms with van der Waals surface area (Å²) in [6, 6.07) is 15.4. The number of thiazole rings is 1. The Labute approximate surface area is 157 Å². The zero-order chi connectivity index (χ0) is 18.4. The molecular formula is C21H24N2O2S. The minimum atomic E-state index is -0.238. The van der Waals surface area contributed by atoms with Gasteiger partial charge in [-0.2, -0.15) is 4.99 Å². The van der Waals surface area contributed by atoms with Crippen molar-refractivity contribution in [1.82, 2.24) is 4.57 Å². The molecular weight excluding hydrogens is 344 g/mol. The molecule has 0 spiro atoms. The zero-order valence-electron chi connectivity index (χ0n) is 15.3. The van der Waals surface area contributed by atoms with Crippen LogP contribution in [0.1, 0.15) is 43.5 Å². The van der Waals surface area contributed by atoms with Crippen molar-refractivity contribution < 1.29 is 9.53 Å². The van der Waals surface area contributed by atoms with E-state index in [9.17, 15) is 4.79 Å². The molecule has 136 valence electrons. The molecule has 1 heterocycles. The summed E-state index contributed by atoms with van der Waals surface area (Å²) in [4.78, 5) is 17.8. The Balaban J connectivity index is 1.85. The highest BCUT2D eigenvalue weighted by molar-refractivity contribution is 7.16. The van der Waals surface area contributed by atoms with Crippen LogP contribution in [0.3, 0.4) is 0 Å². The third-order valence-electron chi connectivity index (χ3n) is 4.20. The van der Waals surface area contributed by atoms with E-state index in [2.05, 4.69) is 35.5 Å². The highest BCUT2D eigenvalue weighted by atomic mass is 32.1. The summed E-state index contributed by atoms with van der Waals surface area (Å²) >= 11 is 1.54. The Morgan fingerprint density at radius 3 is 2.77 bits per heavy atom. The number of aryl methyl sites for hydroxylation is 1. The van der Waals surface area contributed by atoms with Crippen molar-refractivity contribution in [3.63, 3.8) is 0 Å². The van der Waals surface area contributed by atoms with E-state index in [1.165, 1.54) is 11.3 Å². The first-order chi connectivity index (χ1) is 12.7. The van der Waals surface area contributed by atoms with Crippen molar-refractivity contribution in [2.75, 3.05) is 6.61 Å². The van der Waals surface area contributed by atoms with E-state index >= 15 is 0 Å². The number of carbonyl (C=O) groups excluding carboxylic acids is 1. The van der Waals surface area contributed by atoms with E-state index in [-0.39, 0.29) is 5.91 Å². The van der Waals surface area contributed by atoms with Gasteiger partial charge in [-0.3, -0.25) is 4.79 Å². The topological polar surface area (TPSA) is 43.6 Å². The van der Waals surface area contributed by atoms with Gasteiger partial charge in [0.25, 0.3) is 5.91 Å². The van der Waals surface area contributed by atoms with Crippen molar-refractivity contribution in [1.29, 1.82) is 0 Å². The first-order valence-electron chi connectivity index (χ1n) is 9.13. The van der Waals surface area contributed by atoms with Crippen molar-refractivity contribution in [3.05, 3.63) is 58.9 Å². The van der Waals surface area contributed by atoms with Gasteiger partial charge >= 0.3 is 0 Å². The SMILES string of the molecule is CCCCCOc1cccc(C(=O)N=c2sc3ccccc3n2CC)c1. The number of benzene rings is 2. The van der Waals surface area contributed by atoms with E-state index in [0.717, 1.165) is 46.6 Å². The molecule has 1 amide bonds. The van der Waals surface area contributed by atoms with E-state index in [0.29, 0.717) is 12.2 Å². The number of ether oxygens (including phenoxy) is 1. The molecule has 4 nitrogen and oxygen atoms in total. The number of amides is 1. The van der Waals surface area contributed by atoms with Gasteiger partial charge < -0.3 is 9.30 Å². The maximum Gasteiger partial charge on any atom is 0.279 e. The fraction of sp³-hybridized carbons (Fsp3) is 0.333. The van der Waals surface area contributed by atoms with Crippen LogP contribution in [-0.2, 0) is 6.54 Å². The largest absolute Gasteiger partial charge is 0.494 e. The number of para-hydroxylation sites is 1. The van der Waals surface area contributed by atoms with E-state index in [4.69, 9.17) is 4.74 Å². The average molecular weight is 369 g/mol. The predicted octanol–water partition coefficient (Wildman–Crippen LogP) is 5.03. The number of aromatic nitrogens is 1. The minimum Gasteiger partial charge on any atom is -0.494 e. The third-order valence-corrected chi connectivity index (χ3v) is 5.26.